The van der Waals surface area contributed by atoms with Crippen LogP contribution in [0.4, 0.5) is 18.9 Å². The van der Waals surface area contributed by atoms with E-state index in [1.165, 1.54) is 6.07 Å². The minimum Gasteiger partial charge on any atom is -0.381 e. The summed E-state index contributed by atoms with van der Waals surface area (Å²) in [4.78, 5) is 0. The summed E-state index contributed by atoms with van der Waals surface area (Å²) in [7, 11) is -3.81. The molecule has 0 radical (unpaired) electrons. The van der Waals surface area contributed by atoms with E-state index in [4.69, 9.17) is 10.00 Å². The highest BCUT2D eigenvalue weighted by Gasteiger charge is 2.34. The van der Waals surface area contributed by atoms with Gasteiger partial charge in [-0.3, -0.25) is 4.72 Å². The number of hydrogen-bond acceptors (Lipinski definition) is 4. The maximum atomic E-state index is 12.7. The van der Waals surface area contributed by atoms with E-state index in [9.17, 15) is 21.6 Å². The second-order valence-corrected chi connectivity index (χ2v) is 5.83. The minimum absolute atomic E-state index is 0.0613. The van der Waals surface area contributed by atoms with Crippen molar-refractivity contribution in [2.45, 2.75) is 13.1 Å². The zero-order chi connectivity index (χ0) is 16.1. The third kappa shape index (κ3) is 5.24. The summed E-state index contributed by atoms with van der Waals surface area (Å²) in [5, 5.41) is 8.64. The second kappa shape index (κ2) is 6.78. The Bertz CT molecular complexity index is 636. The maximum absolute atomic E-state index is 12.7. The third-order valence-electron chi connectivity index (χ3n) is 2.42. The van der Waals surface area contributed by atoms with Crippen LogP contribution in [0, 0.1) is 11.3 Å². The van der Waals surface area contributed by atoms with E-state index >= 15 is 0 Å². The van der Waals surface area contributed by atoms with Gasteiger partial charge in [-0.1, -0.05) is 0 Å². The first-order chi connectivity index (χ1) is 9.69. The molecular formula is C12H13F3N2O3S. The van der Waals surface area contributed by atoms with Gasteiger partial charge < -0.3 is 4.74 Å². The fourth-order valence-corrected chi connectivity index (χ4v) is 2.41. The first-order valence-electron chi connectivity index (χ1n) is 5.89. The molecule has 0 aliphatic heterocycles. The number of sulfonamides is 1. The number of nitrogens with one attached hydrogen (secondary N) is 1. The summed E-state index contributed by atoms with van der Waals surface area (Å²) in [6.07, 6.45) is -4.74. The molecule has 1 aromatic carbocycles. The van der Waals surface area contributed by atoms with Gasteiger partial charge in [0.1, 0.15) is 0 Å². The molecule has 0 saturated heterocycles. The van der Waals surface area contributed by atoms with E-state index < -0.39 is 27.3 Å². The molecule has 1 aromatic rings. The van der Waals surface area contributed by atoms with Crippen molar-refractivity contribution in [3.8, 4) is 6.07 Å². The third-order valence-corrected chi connectivity index (χ3v) is 3.67. The molecule has 0 heterocycles. The molecule has 116 valence electrons. The van der Waals surface area contributed by atoms with Gasteiger partial charge in [-0.05, 0) is 25.1 Å². The molecule has 0 aromatic heterocycles. The second-order valence-electron chi connectivity index (χ2n) is 3.99. The lowest BCUT2D eigenvalue weighted by Gasteiger charge is -2.12. The highest BCUT2D eigenvalue weighted by atomic mass is 32.2. The number of rotatable bonds is 6. The van der Waals surface area contributed by atoms with Gasteiger partial charge in [-0.2, -0.15) is 18.4 Å². The highest BCUT2D eigenvalue weighted by molar-refractivity contribution is 7.92. The van der Waals surface area contributed by atoms with Crippen molar-refractivity contribution in [2.75, 3.05) is 23.7 Å². The first kappa shape index (κ1) is 17.3. The van der Waals surface area contributed by atoms with Gasteiger partial charge in [0.2, 0.25) is 10.0 Å². The van der Waals surface area contributed by atoms with Crippen LogP contribution in [0.1, 0.15) is 18.1 Å². The van der Waals surface area contributed by atoms with Crippen LogP contribution in [0.3, 0.4) is 0 Å². The summed E-state index contributed by atoms with van der Waals surface area (Å²) in [6, 6.07) is 4.03. The zero-order valence-electron chi connectivity index (χ0n) is 11.1. The van der Waals surface area contributed by atoms with Crippen LogP contribution >= 0.6 is 0 Å². The van der Waals surface area contributed by atoms with Crippen LogP contribution in [-0.4, -0.2) is 27.4 Å². The standard InChI is InChI=1S/C12H13F3N2O3S/c1-2-20-5-6-21(18,19)17-10-4-3-9(8-16)11(7-10)12(13,14)15/h3-4,7,17H,2,5-6H2,1H3. The zero-order valence-corrected chi connectivity index (χ0v) is 11.9. The number of benzene rings is 1. The van der Waals surface area contributed by atoms with Gasteiger partial charge in [0.15, 0.2) is 0 Å². The molecule has 0 spiro atoms. The Labute approximate surface area is 120 Å². The Morgan fingerprint density at radius 3 is 2.57 bits per heavy atom. The summed E-state index contributed by atoms with van der Waals surface area (Å²) in [5.41, 5.74) is -2.01. The molecule has 5 nitrogen and oxygen atoms in total. The molecule has 0 bridgehead atoms. The topological polar surface area (TPSA) is 79.2 Å². The smallest absolute Gasteiger partial charge is 0.381 e. The normalized spacial score (nSPS) is 12.0. The van der Waals surface area contributed by atoms with Gasteiger partial charge in [-0.25, -0.2) is 8.42 Å². The Balaban J connectivity index is 2.98. The van der Waals surface area contributed by atoms with Crippen LogP contribution in [0.2, 0.25) is 0 Å². The lowest BCUT2D eigenvalue weighted by molar-refractivity contribution is -0.137. The van der Waals surface area contributed by atoms with Crippen molar-refractivity contribution in [2.24, 2.45) is 0 Å². The van der Waals surface area contributed by atoms with Crippen molar-refractivity contribution in [1.82, 2.24) is 0 Å². The first-order valence-corrected chi connectivity index (χ1v) is 7.54. The number of nitriles is 1. The van der Waals surface area contributed by atoms with Crippen LogP contribution in [-0.2, 0) is 20.9 Å². The molecular weight excluding hydrogens is 309 g/mol. The van der Waals surface area contributed by atoms with Crippen LogP contribution in [0.15, 0.2) is 18.2 Å². The number of alkyl halides is 3. The lowest BCUT2D eigenvalue weighted by atomic mass is 10.1. The summed E-state index contributed by atoms with van der Waals surface area (Å²) < 4.78 is 68.5. The average Bonchev–Trinajstić information content (AvgIpc) is 2.37. The van der Waals surface area contributed by atoms with Gasteiger partial charge in [-0.15, -0.1) is 0 Å². The number of ether oxygens (including phenoxy) is 1. The predicted molar refractivity (Wildman–Crippen MR) is 70.1 cm³/mol. The highest BCUT2D eigenvalue weighted by Crippen LogP contribution is 2.33. The van der Waals surface area contributed by atoms with E-state index in [1.807, 2.05) is 4.72 Å². The SMILES string of the molecule is CCOCCS(=O)(=O)Nc1ccc(C#N)c(C(F)(F)F)c1. The summed E-state index contributed by atoms with van der Waals surface area (Å²) in [5.74, 6) is -0.373. The molecule has 0 aliphatic rings. The van der Waals surface area contributed by atoms with Crippen LogP contribution in [0.5, 0.6) is 0 Å². The summed E-state index contributed by atoms with van der Waals surface area (Å²) >= 11 is 0. The fourth-order valence-electron chi connectivity index (χ4n) is 1.48. The monoisotopic (exact) mass is 322 g/mol. The number of anilines is 1. The van der Waals surface area contributed by atoms with Crippen molar-refractivity contribution in [3.05, 3.63) is 29.3 Å². The molecule has 1 rings (SSSR count). The Morgan fingerprint density at radius 2 is 2.05 bits per heavy atom. The Kier molecular flexibility index (Phi) is 5.57. The van der Waals surface area contributed by atoms with E-state index in [2.05, 4.69) is 0 Å². The van der Waals surface area contributed by atoms with E-state index in [0.717, 1.165) is 12.1 Å². The average molecular weight is 322 g/mol. The van der Waals surface area contributed by atoms with Crippen LogP contribution in [0.25, 0.3) is 0 Å². The van der Waals surface area contributed by atoms with Gasteiger partial charge in [0.25, 0.3) is 0 Å². The van der Waals surface area contributed by atoms with Crippen molar-refractivity contribution in [1.29, 1.82) is 5.26 Å². The van der Waals surface area contributed by atoms with Gasteiger partial charge in [0, 0.05) is 12.3 Å². The Morgan fingerprint density at radius 1 is 1.38 bits per heavy atom. The molecule has 0 saturated carbocycles. The van der Waals surface area contributed by atoms with Crippen LogP contribution < -0.4 is 4.72 Å². The summed E-state index contributed by atoms with van der Waals surface area (Å²) in [6.45, 7) is 1.97. The largest absolute Gasteiger partial charge is 0.417 e. The van der Waals surface area contributed by atoms with Gasteiger partial charge in [0.05, 0.1) is 29.6 Å². The Hall–Kier alpha value is -1.79. The number of hydrogen-bond donors (Lipinski definition) is 1. The molecule has 0 unspecified atom stereocenters. The van der Waals surface area contributed by atoms with Gasteiger partial charge >= 0.3 is 6.18 Å². The quantitative estimate of drug-likeness (QED) is 0.815. The predicted octanol–water partition coefficient (Wildman–Crippen LogP) is 2.36. The van der Waals surface area contributed by atoms with E-state index in [0.29, 0.717) is 12.7 Å². The molecule has 9 heteroatoms. The molecule has 0 amide bonds. The van der Waals surface area contributed by atoms with E-state index in [-0.39, 0.29) is 18.0 Å². The number of halogens is 3. The van der Waals surface area contributed by atoms with Crippen molar-refractivity contribution >= 4 is 15.7 Å². The maximum Gasteiger partial charge on any atom is 0.417 e. The molecule has 0 atom stereocenters. The lowest BCUT2D eigenvalue weighted by Crippen LogP contribution is -2.20. The molecule has 21 heavy (non-hydrogen) atoms. The molecule has 0 aliphatic carbocycles. The van der Waals surface area contributed by atoms with Crippen molar-refractivity contribution < 1.29 is 26.3 Å². The number of nitrogens with zero attached hydrogens (tertiary/aromatic N) is 1. The fraction of sp³-hybridized carbons (Fsp3) is 0.417. The van der Waals surface area contributed by atoms with E-state index in [1.54, 1.807) is 6.92 Å². The molecule has 0 fully saturated rings. The van der Waals surface area contributed by atoms with Crippen molar-refractivity contribution in [3.63, 3.8) is 0 Å². The molecule has 1 N–H and O–H groups in total. The minimum atomic E-state index is -4.74.